The van der Waals surface area contributed by atoms with Crippen LogP contribution in [0.4, 0.5) is 0 Å². The molecule has 400 valence electrons. The third-order valence-corrected chi connectivity index (χ3v) is 15.0. The maximum atomic E-state index is 14.5. The summed E-state index contributed by atoms with van der Waals surface area (Å²) >= 11 is 0. The Morgan fingerprint density at radius 2 is 1.12 bits per heavy atom. The quantitative estimate of drug-likeness (QED) is 0.0746. The summed E-state index contributed by atoms with van der Waals surface area (Å²) in [6.07, 6.45) is 2.72. The number of hydrogen-bond acceptors (Lipinski definition) is 13. The summed E-state index contributed by atoms with van der Waals surface area (Å²) in [7, 11) is 4.60. The van der Waals surface area contributed by atoms with Gasteiger partial charge in [0.25, 0.3) is 11.8 Å². The van der Waals surface area contributed by atoms with Gasteiger partial charge in [-0.25, -0.2) is 0 Å². The lowest BCUT2D eigenvalue weighted by Crippen LogP contribution is -2.59. The summed E-state index contributed by atoms with van der Waals surface area (Å²) in [6, 6.07) is 8.77. The number of ether oxygens (including phenoxy) is 1. The van der Waals surface area contributed by atoms with Gasteiger partial charge in [-0.3, -0.25) is 43.5 Å². The van der Waals surface area contributed by atoms with Crippen LogP contribution >= 0.6 is 0 Å². The first-order valence-corrected chi connectivity index (χ1v) is 25.6. The van der Waals surface area contributed by atoms with Crippen molar-refractivity contribution in [3.8, 4) is 0 Å². The second-order valence-corrected chi connectivity index (χ2v) is 20.0. The number of amides is 8. The van der Waals surface area contributed by atoms with Crippen LogP contribution in [0.2, 0.25) is 0 Å². The van der Waals surface area contributed by atoms with E-state index in [0.717, 1.165) is 47.9 Å². The number of rotatable bonds is 19. The molecule has 3 heterocycles. The van der Waals surface area contributed by atoms with Crippen LogP contribution in [0.3, 0.4) is 0 Å². The highest BCUT2D eigenvalue weighted by molar-refractivity contribution is 5.99. The van der Waals surface area contributed by atoms with Gasteiger partial charge >= 0.3 is 0 Å². The smallest absolute Gasteiger partial charge is 0.272 e. The molecule has 2 saturated heterocycles. The number of H-pyrrole nitrogens is 1. The van der Waals surface area contributed by atoms with Gasteiger partial charge in [0, 0.05) is 38.3 Å². The van der Waals surface area contributed by atoms with E-state index in [2.05, 4.69) is 52.7 Å². The zero-order valence-corrected chi connectivity index (χ0v) is 43.2. The van der Waals surface area contributed by atoms with Crippen molar-refractivity contribution in [1.29, 1.82) is 0 Å². The maximum Gasteiger partial charge on any atom is 0.272 e. The number of fused-ring (bicyclic) bond motifs is 2. The summed E-state index contributed by atoms with van der Waals surface area (Å²) in [5, 5.41) is 40.5. The Morgan fingerprint density at radius 3 is 1.59 bits per heavy atom. The number of hydrogen-bond donors (Lipinski definition) is 10. The van der Waals surface area contributed by atoms with Crippen molar-refractivity contribution < 1.29 is 48.2 Å². The number of aryl methyl sites for hydroxylation is 2. The van der Waals surface area contributed by atoms with Crippen LogP contribution in [0.1, 0.15) is 122 Å². The van der Waals surface area contributed by atoms with E-state index >= 15 is 0 Å². The van der Waals surface area contributed by atoms with Crippen molar-refractivity contribution in [3.05, 3.63) is 88.2 Å². The Morgan fingerprint density at radius 1 is 0.662 bits per heavy atom. The first-order valence-electron chi connectivity index (χ1n) is 25.6. The monoisotopic (exact) mass is 1020 g/mol. The van der Waals surface area contributed by atoms with E-state index in [0.29, 0.717) is 12.8 Å². The van der Waals surface area contributed by atoms with Gasteiger partial charge in [-0.1, -0.05) is 48.5 Å². The zero-order valence-electron chi connectivity index (χ0n) is 43.2. The average molecular weight is 1030 g/mol. The Hall–Kier alpha value is -6.75. The number of nitrogens with one attached hydrogen (secondary N) is 9. The molecule has 2 aromatic carbocycles. The van der Waals surface area contributed by atoms with Crippen LogP contribution in [0.5, 0.6) is 0 Å². The number of methoxy groups -OCH3 is 1. The van der Waals surface area contributed by atoms with E-state index in [9.17, 15) is 43.5 Å². The molecule has 8 amide bonds. The highest BCUT2D eigenvalue weighted by atomic mass is 16.5. The van der Waals surface area contributed by atoms with Gasteiger partial charge < -0.3 is 62.2 Å². The largest absolute Gasteiger partial charge is 0.391 e. The normalized spacial score (nSPS) is 23.6. The van der Waals surface area contributed by atoms with E-state index in [-0.39, 0.29) is 49.4 Å². The van der Waals surface area contributed by atoms with E-state index in [1.54, 1.807) is 34.9 Å². The third kappa shape index (κ3) is 12.6. The summed E-state index contributed by atoms with van der Waals surface area (Å²) < 4.78 is 5.53. The van der Waals surface area contributed by atoms with Crippen molar-refractivity contribution in [2.75, 3.05) is 34.3 Å². The molecule has 1 aromatic heterocycles. The molecule has 0 radical (unpaired) electrons. The molecule has 2 aliphatic carbocycles. The number of benzene rings is 2. The average Bonchev–Trinajstić information content (AvgIpc) is 4.18. The number of carbonyl (C=O) groups excluding carboxylic acids is 8. The fraction of sp³-hybridized carbons (Fsp3) is 0.558. The van der Waals surface area contributed by atoms with Gasteiger partial charge in [0.2, 0.25) is 35.4 Å². The molecule has 0 saturated carbocycles. The van der Waals surface area contributed by atoms with Crippen LogP contribution in [0, 0.1) is 0 Å². The Labute approximate surface area is 431 Å². The molecule has 2 fully saturated rings. The summed E-state index contributed by atoms with van der Waals surface area (Å²) in [5.41, 5.74) is 3.96. The molecular formula is C52H72N12O10. The highest BCUT2D eigenvalue weighted by Gasteiger charge is 2.47. The SMILES string of the molecule is CN[C@@H](C)C(=O)N[C@H](C(=O)N1C[C@@H](NC(=O)c2cc(C(=O)N[C@H]3C[C@@H](C(=O)NC4CCCc5ccccc54)N(C(=O)[C@@H](NC(=O)[C@H](C)NC)[C@@H](C)OC)C3)n[nH]2)C[C@H]1C(=O)N[C@@H]1CCCc2ccccc21)[C@@H](C)O. The number of nitrogens with zero attached hydrogens (tertiary/aromatic N) is 3. The summed E-state index contributed by atoms with van der Waals surface area (Å²) in [6.45, 7) is 6.00. The molecule has 0 bridgehead atoms. The van der Waals surface area contributed by atoms with Gasteiger partial charge in [-0.05, 0) is 115 Å². The number of likely N-dealkylation sites (N-methyl/N-ethyl adjacent to an activating group) is 2. The number of aliphatic hydroxyl groups is 1. The van der Waals surface area contributed by atoms with Gasteiger partial charge in [0.1, 0.15) is 29.9 Å². The standard InChI is InChI=1S/C52H72N12O10/c1-27(53-5)45(66)59-43(29(3)65)51(72)63-25-33(22-41(63)49(70)57-37-20-12-16-31-14-8-10-18-35(31)37)55-47(68)39-24-40(62-61-39)48(69)56-34-23-42(50(71)58-38-21-13-17-32-15-9-11-19-36(32)38)64(26-34)52(73)44(30(4)74-7)60-46(67)28(2)54-6/h8-11,14-15,18-19,24,27-30,33-34,37-38,41-44,53-54,65H,12-13,16-17,20-23,25-26H2,1-7H3,(H,55,68)(H,56,69)(H,57,70)(H,58,71)(H,59,66)(H,60,67)(H,61,62)/t27-,28-,29+,30+,33-,34-,37+,38?,41-,42-,43-,44-/m0/s1. The minimum absolute atomic E-state index is 0.00628. The number of likely N-dealkylation sites (tertiary alicyclic amines) is 2. The highest BCUT2D eigenvalue weighted by Crippen LogP contribution is 2.32. The third-order valence-electron chi connectivity index (χ3n) is 15.0. The Bertz CT molecular complexity index is 2550. The Kier molecular flexibility index (Phi) is 18.2. The van der Waals surface area contributed by atoms with E-state index in [1.807, 2.05) is 48.5 Å². The minimum atomic E-state index is -1.40. The number of aliphatic hydroxyl groups excluding tert-OH is 1. The van der Waals surface area contributed by atoms with Crippen LogP contribution < -0.4 is 42.5 Å². The molecule has 0 spiro atoms. The molecule has 22 heteroatoms. The van der Waals surface area contributed by atoms with Gasteiger partial charge in [0.05, 0.1) is 36.4 Å². The topological polar surface area (TPSA) is 297 Å². The lowest BCUT2D eigenvalue weighted by atomic mass is 9.87. The van der Waals surface area contributed by atoms with Crippen LogP contribution in [0.25, 0.3) is 0 Å². The van der Waals surface area contributed by atoms with E-state index in [4.69, 9.17) is 4.74 Å². The van der Waals surface area contributed by atoms with Crippen molar-refractivity contribution in [2.24, 2.45) is 0 Å². The van der Waals surface area contributed by atoms with E-state index in [1.165, 1.54) is 29.9 Å². The molecule has 10 N–H and O–H groups in total. The van der Waals surface area contributed by atoms with Crippen LogP contribution in [-0.2, 0) is 46.3 Å². The zero-order chi connectivity index (χ0) is 53.4. The van der Waals surface area contributed by atoms with Crippen molar-refractivity contribution in [3.63, 3.8) is 0 Å². The van der Waals surface area contributed by atoms with Gasteiger partial charge in [-0.2, -0.15) is 5.10 Å². The lowest BCUT2D eigenvalue weighted by molar-refractivity contribution is -0.144. The molecule has 3 aromatic rings. The number of carbonyl (C=O) groups is 8. The number of aromatic nitrogens is 2. The molecule has 74 heavy (non-hydrogen) atoms. The molecule has 4 aliphatic rings. The molecule has 7 rings (SSSR count). The molecule has 12 atom stereocenters. The molecular weight excluding hydrogens is 953 g/mol. The predicted molar refractivity (Wildman–Crippen MR) is 271 cm³/mol. The summed E-state index contributed by atoms with van der Waals surface area (Å²) in [4.78, 5) is 114. The molecule has 2 aliphatic heterocycles. The fourth-order valence-corrected chi connectivity index (χ4v) is 10.4. The fourth-order valence-electron chi connectivity index (χ4n) is 10.4. The Balaban J connectivity index is 1.06. The summed E-state index contributed by atoms with van der Waals surface area (Å²) in [5.74, 6) is -4.54. The first kappa shape index (κ1) is 55.0. The van der Waals surface area contributed by atoms with Gasteiger partial charge in [-0.15, -0.1) is 0 Å². The number of aromatic amines is 1. The predicted octanol–water partition coefficient (Wildman–Crippen LogP) is -0.203. The van der Waals surface area contributed by atoms with Crippen molar-refractivity contribution in [2.45, 2.75) is 152 Å². The van der Waals surface area contributed by atoms with Crippen LogP contribution in [-0.4, -0.2) is 167 Å². The van der Waals surface area contributed by atoms with Crippen molar-refractivity contribution >= 4 is 47.3 Å². The molecule has 1 unspecified atom stereocenters. The minimum Gasteiger partial charge on any atom is -0.391 e. The lowest BCUT2D eigenvalue weighted by Gasteiger charge is -2.33. The van der Waals surface area contributed by atoms with Crippen molar-refractivity contribution in [1.82, 2.24) is 62.5 Å². The van der Waals surface area contributed by atoms with Crippen LogP contribution in [0.15, 0.2) is 54.6 Å². The van der Waals surface area contributed by atoms with Gasteiger partial charge in [0.15, 0.2) is 5.69 Å². The second kappa shape index (κ2) is 24.5. The second-order valence-electron chi connectivity index (χ2n) is 20.0. The first-order chi connectivity index (χ1) is 35.4. The molecule has 22 nitrogen and oxygen atoms in total. The van der Waals surface area contributed by atoms with E-state index < -0.39 is 108 Å². The maximum absolute atomic E-state index is 14.5.